The van der Waals surface area contributed by atoms with Crippen molar-refractivity contribution in [3.63, 3.8) is 0 Å². The number of fused-ring (bicyclic) bond motifs is 2. The highest BCUT2D eigenvalue weighted by molar-refractivity contribution is 6.02. The summed E-state index contributed by atoms with van der Waals surface area (Å²) in [6.45, 7) is 18.1. The molecular weight excluding hydrogens is 733 g/mol. The summed E-state index contributed by atoms with van der Waals surface area (Å²) >= 11 is 0. The summed E-state index contributed by atoms with van der Waals surface area (Å²) in [5.74, 6) is 0. The van der Waals surface area contributed by atoms with E-state index >= 15 is 0 Å². The van der Waals surface area contributed by atoms with Gasteiger partial charge in [0.05, 0.1) is 33.8 Å². The Morgan fingerprint density at radius 3 is 1.52 bits per heavy atom. The van der Waals surface area contributed by atoms with Gasteiger partial charge < -0.3 is 20.6 Å². The largest absolute Gasteiger partial charge is 0.396 e. The minimum absolute atomic E-state index is 0.723. The van der Waals surface area contributed by atoms with Gasteiger partial charge in [-0.15, -0.1) is 13.2 Å². The second kappa shape index (κ2) is 19.3. The van der Waals surface area contributed by atoms with Crippen molar-refractivity contribution in [1.29, 1.82) is 0 Å². The zero-order valence-electron chi connectivity index (χ0n) is 35.5. The molecular formula is C54H54N6. The third-order valence-corrected chi connectivity index (χ3v) is 10.3. The van der Waals surface area contributed by atoms with Gasteiger partial charge in [-0.05, 0) is 117 Å². The van der Waals surface area contributed by atoms with E-state index in [1.807, 2.05) is 103 Å². The van der Waals surface area contributed by atoms with Gasteiger partial charge in [0.25, 0.3) is 0 Å². The van der Waals surface area contributed by atoms with Crippen molar-refractivity contribution in [2.75, 3.05) is 11.5 Å². The Morgan fingerprint density at radius 1 is 0.517 bits per heavy atom. The third kappa shape index (κ3) is 8.13. The molecule has 300 valence electrons. The van der Waals surface area contributed by atoms with E-state index in [-0.39, 0.29) is 0 Å². The highest BCUT2D eigenvalue weighted by atomic mass is 15.0. The van der Waals surface area contributed by atoms with Gasteiger partial charge in [-0.1, -0.05) is 92.8 Å². The summed E-state index contributed by atoms with van der Waals surface area (Å²) in [7, 11) is 0. The summed E-state index contributed by atoms with van der Waals surface area (Å²) in [6, 6.07) is 36.2. The molecule has 8 aromatic rings. The molecule has 60 heavy (non-hydrogen) atoms. The first-order valence-electron chi connectivity index (χ1n) is 20.4. The van der Waals surface area contributed by atoms with Gasteiger partial charge in [0.15, 0.2) is 0 Å². The van der Waals surface area contributed by atoms with Crippen LogP contribution in [0.25, 0.3) is 84.3 Å². The number of hydrogen-bond donors (Lipinski definition) is 2. The van der Waals surface area contributed by atoms with Gasteiger partial charge in [-0.2, -0.15) is 0 Å². The number of benzene rings is 4. The zero-order chi connectivity index (χ0) is 42.8. The van der Waals surface area contributed by atoms with Crippen LogP contribution in [0, 0.1) is 0 Å². The Labute approximate surface area is 354 Å². The number of nitrogen functional groups attached to an aromatic ring is 2. The maximum Gasteiger partial charge on any atom is 0.0695 e. The lowest BCUT2D eigenvalue weighted by Gasteiger charge is -2.14. The lowest BCUT2D eigenvalue weighted by Crippen LogP contribution is -2.02. The van der Waals surface area contributed by atoms with Crippen LogP contribution < -0.4 is 11.5 Å². The van der Waals surface area contributed by atoms with E-state index < -0.39 is 0 Å². The van der Waals surface area contributed by atoms with Crippen molar-refractivity contribution in [2.45, 2.75) is 41.5 Å². The fourth-order valence-corrected chi connectivity index (χ4v) is 7.68. The van der Waals surface area contributed by atoms with Crippen LogP contribution >= 0.6 is 0 Å². The molecule has 0 spiro atoms. The number of nitrogens with zero attached hydrogens (tertiary/aromatic N) is 4. The van der Waals surface area contributed by atoms with Crippen molar-refractivity contribution in [2.24, 2.45) is 0 Å². The molecule has 4 aromatic heterocycles. The lowest BCUT2D eigenvalue weighted by molar-refractivity contribution is 1.07. The van der Waals surface area contributed by atoms with Gasteiger partial charge in [-0.3, -0.25) is 9.97 Å². The van der Waals surface area contributed by atoms with Crippen LogP contribution in [0.15, 0.2) is 171 Å². The quantitative estimate of drug-likeness (QED) is 0.113. The smallest absolute Gasteiger partial charge is 0.0695 e. The topological polar surface area (TPSA) is 87.7 Å². The average molecular weight is 787 g/mol. The molecule has 0 amide bonds. The highest BCUT2D eigenvalue weighted by Gasteiger charge is 2.19. The number of anilines is 2. The Kier molecular flexibility index (Phi) is 13.6. The van der Waals surface area contributed by atoms with E-state index in [1.165, 1.54) is 0 Å². The number of nitrogens with two attached hydrogens (primary N) is 2. The van der Waals surface area contributed by atoms with Crippen LogP contribution in [0.4, 0.5) is 11.4 Å². The van der Waals surface area contributed by atoms with Gasteiger partial charge in [0.2, 0.25) is 0 Å². The van der Waals surface area contributed by atoms with Crippen molar-refractivity contribution >= 4 is 50.9 Å². The molecule has 6 heteroatoms. The van der Waals surface area contributed by atoms with Crippen LogP contribution in [-0.4, -0.2) is 19.1 Å². The standard InChI is InChI=1S/C50H44N6.C2H6.C2H4/c1-5-13-33(8-4)37-24-39(31-53-29-37)35-20-22-45-43(26-35)49(51)47(14-6-2)55(45)41-18-12-19-42(28-41)56-46-23-21-36(27-44(46)50(52)48(56)15-7-3)40-25-38(30-54-32-40)34-16-10-9-11-17-34;2*1-2/h5-32H,51-52H2,1-4H3;1-2H3;1-2H2/b13-5-,14-6-,15-7-,33-8+;;. The normalized spacial score (nSPS) is 11.7. The third-order valence-electron chi connectivity index (χ3n) is 10.3. The monoisotopic (exact) mass is 786 g/mol. The van der Waals surface area contributed by atoms with Crippen LogP contribution in [0.5, 0.6) is 0 Å². The Bertz CT molecular complexity index is 2880. The Morgan fingerprint density at radius 2 is 1.02 bits per heavy atom. The minimum atomic E-state index is 0.723. The van der Waals surface area contributed by atoms with Crippen LogP contribution in [0.3, 0.4) is 0 Å². The molecule has 0 saturated carbocycles. The zero-order valence-corrected chi connectivity index (χ0v) is 35.5. The van der Waals surface area contributed by atoms with Crippen molar-refractivity contribution in [3.05, 3.63) is 188 Å². The van der Waals surface area contributed by atoms with Crippen molar-refractivity contribution < 1.29 is 0 Å². The first-order valence-corrected chi connectivity index (χ1v) is 20.4. The summed E-state index contributed by atoms with van der Waals surface area (Å²) in [5.41, 5.74) is 29.9. The first kappa shape index (κ1) is 42.2. The summed E-state index contributed by atoms with van der Waals surface area (Å²) in [6.07, 6.45) is 22.1. The second-order valence-electron chi connectivity index (χ2n) is 13.8. The van der Waals surface area contributed by atoms with Gasteiger partial charge in [-0.25, -0.2) is 0 Å². The van der Waals surface area contributed by atoms with E-state index in [9.17, 15) is 0 Å². The molecule has 6 nitrogen and oxygen atoms in total. The predicted octanol–water partition coefficient (Wildman–Crippen LogP) is 14.4. The first-order chi connectivity index (χ1) is 29.4. The SMILES string of the molecule is C/C=C\C(=C/C)c1cncc(-c2ccc3c(c2)c(N)c(/C=C\C)n3-c2cccc(-n3c(/C=C\C)c(N)c4cc(-c5cncc(-c6ccccc6)c5)ccc43)c2)c1.C=C.CC. The van der Waals surface area contributed by atoms with Crippen LogP contribution in [0.2, 0.25) is 0 Å². The molecule has 0 unspecified atom stereocenters. The molecule has 4 heterocycles. The second-order valence-corrected chi connectivity index (χ2v) is 13.8. The predicted molar refractivity (Wildman–Crippen MR) is 261 cm³/mol. The molecule has 0 bridgehead atoms. The number of hydrogen-bond acceptors (Lipinski definition) is 4. The summed E-state index contributed by atoms with van der Waals surface area (Å²) < 4.78 is 4.48. The Balaban J connectivity index is 0.00000147. The molecule has 0 aliphatic heterocycles. The van der Waals surface area contributed by atoms with E-state index in [1.54, 1.807) is 0 Å². The summed E-state index contributed by atoms with van der Waals surface area (Å²) in [5, 5.41) is 1.96. The molecule has 0 aliphatic carbocycles. The van der Waals surface area contributed by atoms with Crippen LogP contribution in [0.1, 0.15) is 58.5 Å². The maximum atomic E-state index is 7.00. The molecule has 0 aliphatic rings. The average Bonchev–Trinajstić information content (AvgIpc) is 3.75. The van der Waals surface area contributed by atoms with E-state index in [4.69, 9.17) is 11.5 Å². The molecule has 4 aromatic carbocycles. The van der Waals surface area contributed by atoms with Crippen LogP contribution in [-0.2, 0) is 0 Å². The lowest BCUT2D eigenvalue weighted by atomic mass is 10.0. The highest BCUT2D eigenvalue weighted by Crippen LogP contribution is 2.39. The molecule has 4 N–H and O–H groups in total. The van der Waals surface area contributed by atoms with Gasteiger partial charge in [0, 0.05) is 69.2 Å². The Hall–Kier alpha value is -7.44. The maximum absolute atomic E-state index is 7.00. The molecule has 0 fully saturated rings. The number of rotatable bonds is 9. The molecule has 0 atom stereocenters. The number of aromatic nitrogens is 4. The fourth-order valence-electron chi connectivity index (χ4n) is 7.68. The molecule has 0 saturated heterocycles. The molecule has 0 radical (unpaired) electrons. The minimum Gasteiger partial charge on any atom is -0.396 e. The van der Waals surface area contributed by atoms with Gasteiger partial charge >= 0.3 is 0 Å². The van der Waals surface area contributed by atoms with Gasteiger partial charge in [0.1, 0.15) is 0 Å². The van der Waals surface area contributed by atoms with E-state index in [0.29, 0.717) is 0 Å². The van der Waals surface area contributed by atoms with E-state index in [0.717, 1.165) is 100 Å². The van der Waals surface area contributed by atoms with Crippen molar-refractivity contribution in [1.82, 2.24) is 19.1 Å². The number of pyridine rings is 2. The van der Waals surface area contributed by atoms with E-state index in [2.05, 4.69) is 141 Å². The molecule has 8 rings (SSSR count). The number of allylic oxidation sites excluding steroid dienone is 6. The van der Waals surface area contributed by atoms with Crippen molar-refractivity contribution in [3.8, 4) is 44.8 Å². The fraction of sp³-hybridized carbons (Fsp3) is 0.111. The summed E-state index contributed by atoms with van der Waals surface area (Å²) in [4.78, 5) is 9.18.